The SMILES string of the molecule is CCCNC(C)c1nnnn1-c1cc(F)ccc1Br. The molecule has 0 bridgehead atoms. The van der Waals surface area contributed by atoms with E-state index < -0.39 is 0 Å². The normalized spacial score (nSPS) is 12.6. The van der Waals surface area contributed by atoms with Crippen molar-refractivity contribution < 1.29 is 4.39 Å². The van der Waals surface area contributed by atoms with Crippen LogP contribution in [0.25, 0.3) is 5.69 Å². The van der Waals surface area contributed by atoms with Crippen LogP contribution in [0.4, 0.5) is 4.39 Å². The lowest BCUT2D eigenvalue weighted by Gasteiger charge is -2.13. The largest absolute Gasteiger partial charge is 0.307 e. The number of rotatable bonds is 5. The summed E-state index contributed by atoms with van der Waals surface area (Å²) in [6.45, 7) is 4.94. The van der Waals surface area contributed by atoms with Crippen molar-refractivity contribution in [1.29, 1.82) is 0 Å². The van der Waals surface area contributed by atoms with Gasteiger partial charge in [0.2, 0.25) is 0 Å². The maximum Gasteiger partial charge on any atom is 0.173 e. The van der Waals surface area contributed by atoms with Crippen molar-refractivity contribution in [3.8, 4) is 5.69 Å². The summed E-state index contributed by atoms with van der Waals surface area (Å²) < 4.78 is 15.6. The molecule has 7 heteroatoms. The van der Waals surface area contributed by atoms with Crippen molar-refractivity contribution in [2.45, 2.75) is 26.3 Å². The molecule has 0 amide bonds. The van der Waals surface area contributed by atoms with Crippen LogP contribution in [-0.4, -0.2) is 26.8 Å². The van der Waals surface area contributed by atoms with Gasteiger partial charge in [-0.25, -0.2) is 4.39 Å². The number of halogens is 2. The lowest BCUT2D eigenvalue weighted by Crippen LogP contribution is -2.22. The van der Waals surface area contributed by atoms with Gasteiger partial charge in [0.05, 0.1) is 11.7 Å². The van der Waals surface area contributed by atoms with Gasteiger partial charge in [0.15, 0.2) is 5.82 Å². The number of nitrogens with zero attached hydrogens (tertiary/aromatic N) is 4. The summed E-state index contributed by atoms with van der Waals surface area (Å²) in [6, 6.07) is 4.41. The first-order chi connectivity index (χ1) is 9.13. The van der Waals surface area contributed by atoms with E-state index in [9.17, 15) is 4.39 Å². The zero-order valence-corrected chi connectivity index (χ0v) is 12.4. The molecule has 2 rings (SSSR count). The number of benzene rings is 1. The van der Waals surface area contributed by atoms with Crippen LogP contribution >= 0.6 is 15.9 Å². The van der Waals surface area contributed by atoms with E-state index in [1.165, 1.54) is 12.1 Å². The van der Waals surface area contributed by atoms with Crippen molar-refractivity contribution >= 4 is 15.9 Å². The van der Waals surface area contributed by atoms with Crippen LogP contribution in [0.15, 0.2) is 22.7 Å². The minimum Gasteiger partial charge on any atom is -0.307 e. The maximum absolute atomic E-state index is 13.4. The Hall–Kier alpha value is -1.34. The summed E-state index contributed by atoms with van der Waals surface area (Å²) in [6.07, 6.45) is 1.02. The molecule has 0 fully saturated rings. The van der Waals surface area contributed by atoms with E-state index in [1.54, 1.807) is 10.7 Å². The average Bonchev–Trinajstić information content (AvgIpc) is 2.88. The molecule has 102 valence electrons. The Balaban J connectivity index is 2.35. The molecular weight excluding hydrogens is 313 g/mol. The van der Waals surface area contributed by atoms with Gasteiger partial charge in [0, 0.05) is 10.5 Å². The van der Waals surface area contributed by atoms with Crippen LogP contribution in [0, 0.1) is 5.82 Å². The van der Waals surface area contributed by atoms with Crippen molar-refractivity contribution in [3.05, 3.63) is 34.3 Å². The van der Waals surface area contributed by atoms with Gasteiger partial charge in [0.1, 0.15) is 5.82 Å². The van der Waals surface area contributed by atoms with Crippen molar-refractivity contribution in [3.63, 3.8) is 0 Å². The molecule has 0 aliphatic heterocycles. The third kappa shape index (κ3) is 3.16. The monoisotopic (exact) mass is 327 g/mol. The zero-order chi connectivity index (χ0) is 13.8. The van der Waals surface area contributed by atoms with Crippen molar-refractivity contribution in [2.24, 2.45) is 0 Å². The Labute approximate surface area is 119 Å². The van der Waals surface area contributed by atoms with Gasteiger partial charge in [-0.1, -0.05) is 6.92 Å². The molecule has 0 saturated carbocycles. The van der Waals surface area contributed by atoms with Crippen LogP contribution in [0.3, 0.4) is 0 Å². The highest BCUT2D eigenvalue weighted by Crippen LogP contribution is 2.23. The average molecular weight is 328 g/mol. The van der Waals surface area contributed by atoms with Crippen LogP contribution in [0.5, 0.6) is 0 Å². The molecule has 0 spiro atoms. The Morgan fingerprint density at radius 3 is 3.00 bits per heavy atom. The Bertz CT molecular complexity index is 557. The van der Waals surface area contributed by atoms with Gasteiger partial charge in [-0.05, 0) is 58.4 Å². The third-order valence-corrected chi connectivity index (χ3v) is 3.39. The van der Waals surface area contributed by atoms with Gasteiger partial charge in [-0.15, -0.1) is 5.10 Å². The van der Waals surface area contributed by atoms with E-state index in [0.29, 0.717) is 11.5 Å². The van der Waals surface area contributed by atoms with Gasteiger partial charge in [0.25, 0.3) is 0 Å². The summed E-state index contributed by atoms with van der Waals surface area (Å²) in [4.78, 5) is 0. The first-order valence-electron chi connectivity index (χ1n) is 6.10. The molecule has 1 aromatic heterocycles. The second-order valence-electron chi connectivity index (χ2n) is 4.22. The zero-order valence-electron chi connectivity index (χ0n) is 10.8. The van der Waals surface area contributed by atoms with Gasteiger partial charge in [-0.2, -0.15) is 4.68 Å². The standard InChI is InChI=1S/C12H15BrFN5/c1-3-6-15-8(2)12-16-17-18-19(12)11-7-9(14)4-5-10(11)13/h4-5,7-8,15H,3,6H2,1-2H3. The van der Waals surface area contributed by atoms with Crippen LogP contribution < -0.4 is 5.32 Å². The minimum absolute atomic E-state index is 0.00915. The molecule has 2 aromatic rings. The number of hydrogen-bond donors (Lipinski definition) is 1. The number of tetrazole rings is 1. The lowest BCUT2D eigenvalue weighted by atomic mass is 10.2. The molecular formula is C12H15BrFN5. The number of hydrogen-bond acceptors (Lipinski definition) is 4. The topological polar surface area (TPSA) is 55.6 Å². The maximum atomic E-state index is 13.4. The first-order valence-corrected chi connectivity index (χ1v) is 6.90. The predicted octanol–water partition coefficient (Wildman–Crippen LogP) is 2.62. The minimum atomic E-state index is -0.325. The van der Waals surface area contributed by atoms with Gasteiger partial charge in [-0.3, -0.25) is 0 Å². The molecule has 1 aromatic carbocycles. The van der Waals surface area contributed by atoms with Crippen molar-refractivity contribution in [2.75, 3.05) is 6.54 Å². The second kappa shape index (κ2) is 6.21. The Morgan fingerprint density at radius 1 is 1.47 bits per heavy atom. The summed E-state index contributed by atoms with van der Waals surface area (Å²) in [5.41, 5.74) is 0.588. The van der Waals surface area contributed by atoms with E-state index in [-0.39, 0.29) is 11.9 Å². The van der Waals surface area contributed by atoms with Gasteiger partial charge < -0.3 is 5.32 Å². The van der Waals surface area contributed by atoms with E-state index in [4.69, 9.17) is 0 Å². The molecule has 1 unspecified atom stereocenters. The molecule has 5 nitrogen and oxygen atoms in total. The number of aromatic nitrogens is 4. The molecule has 1 atom stereocenters. The summed E-state index contributed by atoms with van der Waals surface area (Å²) in [5.74, 6) is 0.327. The molecule has 19 heavy (non-hydrogen) atoms. The molecule has 0 radical (unpaired) electrons. The van der Waals surface area contributed by atoms with Crippen molar-refractivity contribution in [1.82, 2.24) is 25.5 Å². The lowest BCUT2D eigenvalue weighted by molar-refractivity contribution is 0.530. The highest BCUT2D eigenvalue weighted by Gasteiger charge is 2.17. The smallest absolute Gasteiger partial charge is 0.173 e. The Morgan fingerprint density at radius 2 is 2.26 bits per heavy atom. The quantitative estimate of drug-likeness (QED) is 0.917. The fourth-order valence-electron chi connectivity index (χ4n) is 1.74. The molecule has 1 N–H and O–H groups in total. The number of nitrogens with one attached hydrogen (secondary N) is 1. The highest BCUT2D eigenvalue weighted by molar-refractivity contribution is 9.10. The molecule has 0 saturated heterocycles. The summed E-state index contributed by atoms with van der Waals surface area (Å²) in [5, 5.41) is 14.9. The molecule has 0 aliphatic carbocycles. The van der Waals surface area contributed by atoms with E-state index in [1.807, 2.05) is 6.92 Å². The van der Waals surface area contributed by atoms with E-state index >= 15 is 0 Å². The molecule has 1 heterocycles. The second-order valence-corrected chi connectivity index (χ2v) is 5.07. The fraction of sp³-hybridized carbons (Fsp3) is 0.417. The predicted molar refractivity (Wildman–Crippen MR) is 73.5 cm³/mol. The first kappa shape index (κ1) is 14.1. The summed E-state index contributed by atoms with van der Waals surface area (Å²) >= 11 is 3.38. The van der Waals surface area contributed by atoms with Crippen LogP contribution in [-0.2, 0) is 0 Å². The summed E-state index contributed by atoms with van der Waals surface area (Å²) in [7, 11) is 0. The van der Waals surface area contributed by atoms with E-state index in [0.717, 1.165) is 17.4 Å². The third-order valence-electron chi connectivity index (χ3n) is 2.72. The molecule has 0 aliphatic rings. The fourth-order valence-corrected chi connectivity index (χ4v) is 2.15. The van der Waals surface area contributed by atoms with Gasteiger partial charge >= 0.3 is 0 Å². The van der Waals surface area contributed by atoms with E-state index in [2.05, 4.69) is 43.7 Å². The van der Waals surface area contributed by atoms with Crippen LogP contribution in [0.1, 0.15) is 32.1 Å². The highest BCUT2D eigenvalue weighted by atomic mass is 79.9. The Kier molecular flexibility index (Phi) is 4.60. The van der Waals surface area contributed by atoms with Crippen LogP contribution in [0.2, 0.25) is 0 Å².